The van der Waals surface area contributed by atoms with Gasteiger partial charge in [0.25, 0.3) is 11.8 Å². The molecule has 150 valence electrons. The highest BCUT2D eigenvalue weighted by atomic mass is 16.7. The van der Waals surface area contributed by atoms with Crippen molar-refractivity contribution in [1.82, 2.24) is 5.06 Å². The van der Waals surface area contributed by atoms with E-state index in [-0.39, 0.29) is 25.9 Å². The predicted molar refractivity (Wildman–Crippen MR) is 97.6 cm³/mol. The largest absolute Gasteiger partial charge is 0.493 e. The maximum Gasteiger partial charge on any atom is 0.333 e. The molecule has 1 saturated heterocycles. The Hall–Kier alpha value is -1.89. The van der Waals surface area contributed by atoms with E-state index in [9.17, 15) is 14.4 Å². The van der Waals surface area contributed by atoms with Crippen molar-refractivity contribution in [3.05, 3.63) is 12.3 Å². The fraction of sp³-hybridized carbons (Fsp3) is 0.737. The van der Waals surface area contributed by atoms with Crippen molar-refractivity contribution in [1.29, 1.82) is 0 Å². The van der Waals surface area contributed by atoms with Crippen LogP contribution in [-0.2, 0) is 24.0 Å². The quantitative estimate of drug-likeness (QED) is 0.360. The minimum atomic E-state index is -0.597. The number of allylic oxidation sites excluding steroid dienone is 1. The van der Waals surface area contributed by atoms with Crippen molar-refractivity contribution in [2.45, 2.75) is 84.7 Å². The zero-order valence-corrected chi connectivity index (χ0v) is 16.5. The standard InChI is InChI=1S/C16H25NO6.C3H8/c1-12(22-16(2,3)10-11-18)6-4-5-7-15(21)23-17-13(19)8-9-14(17)20;1-3-2/h18H,1,4-11H2,2-3H3;3H2,1-2H3. The summed E-state index contributed by atoms with van der Waals surface area (Å²) < 4.78 is 5.65. The van der Waals surface area contributed by atoms with E-state index in [1.807, 2.05) is 13.8 Å². The van der Waals surface area contributed by atoms with Gasteiger partial charge in [0, 0.05) is 38.7 Å². The second-order valence-corrected chi connectivity index (χ2v) is 6.83. The second kappa shape index (κ2) is 12.5. The van der Waals surface area contributed by atoms with Crippen LogP contribution in [0.5, 0.6) is 0 Å². The molecule has 0 saturated carbocycles. The molecule has 1 fully saturated rings. The van der Waals surface area contributed by atoms with Crippen molar-refractivity contribution in [3.63, 3.8) is 0 Å². The van der Waals surface area contributed by atoms with Crippen LogP contribution in [0.2, 0.25) is 0 Å². The molecule has 7 heteroatoms. The fourth-order valence-corrected chi connectivity index (χ4v) is 2.16. The summed E-state index contributed by atoms with van der Waals surface area (Å²) >= 11 is 0. The molecule has 0 aromatic heterocycles. The zero-order chi connectivity index (χ0) is 20.2. The zero-order valence-electron chi connectivity index (χ0n) is 16.5. The Morgan fingerprint density at radius 2 is 1.65 bits per heavy atom. The SMILES string of the molecule is C=C(CCCCC(=O)ON1C(=O)CCC1=O)OC(C)(C)CCO.CCC. The number of aliphatic hydroxyl groups is 1. The molecule has 1 N–H and O–H groups in total. The topological polar surface area (TPSA) is 93.1 Å². The first-order valence-electron chi connectivity index (χ1n) is 9.21. The highest BCUT2D eigenvalue weighted by Crippen LogP contribution is 2.21. The molecular weight excluding hydrogens is 338 g/mol. The number of carbonyl (C=O) groups excluding carboxylic acids is 3. The third-order valence-electron chi connectivity index (χ3n) is 3.42. The molecular formula is C19H33NO6. The van der Waals surface area contributed by atoms with Crippen molar-refractivity contribution in [2.75, 3.05) is 6.61 Å². The van der Waals surface area contributed by atoms with Gasteiger partial charge in [0.2, 0.25) is 0 Å². The van der Waals surface area contributed by atoms with Crippen LogP contribution in [0.1, 0.15) is 79.1 Å². The number of rotatable bonds is 10. The normalized spacial score (nSPS) is 14.0. The summed E-state index contributed by atoms with van der Waals surface area (Å²) in [6.07, 6.45) is 3.85. The lowest BCUT2D eigenvalue weighted by atomic mass is 10.1. The average Bonchev–Trinajstić information content (AvgIpc) is 2.83. The van der Waals surface area contributed by atoms with E-state index in [0.717, 1.165) is 0 Å². The van der Waals surface area contributed by atoms with Gasteiger partial charge in [-0.05, 0) is 26.7 Å². The molecule has 0 atom stereocenters. The van der Waals surface area contributed by atoms with E-state index in [1.165, 1.54) is 6.42 Å². The molecule has 1 aliphatic rings. The van der Waals surface area contributed by atoms with Gasteiger partial charge < -0.3 is 14.7 Å². The summed E-state index contributed by atoms with van der Waals surface area (Å²) in [7, 11) is 0. The van der Waals surface area contributed by atoms with Crippen molar-refractivity contribution >= 4 is 17.8 Å². The molecule has 0 aromatic carbocycles. The molecule has 0 unspecified atom stereocenters. The summed E-state index contributed by atoms with van der Waals surface area (Å²) in [5.74, 6) is -0.949. The predicted octanol–water partition coefficient (Wildman–Crippen LogP) is 3.26. The Balaban J connectivity index is 0.00000194. The minimum absolute atomic E-state index is 0.0417. The van der Waals surface area contributed by atoms with Crippen LogP contribution in [0, 0.1) is 0 Å². The Morgan fingerprint density at radius 1 is 1.15 bits per heavy atom. The van der Waals surface area contributed by atoms with Gasteiger partial charge in [-0.2, -0.15) is 0 Å². The van der Waals surface area contributed by atoms with Gasteiger partial charge >= 0.3 is 5.97 Å². The van der Waals surface area contributed by atoms with Gasteiger partial charge in [-0.15, -0.1) is 5.06 Å². The van der Waals surface area contributed by atoms with Gasteiger partial charge in [-0.1, -0.05) is 26.8 Å². The first-order valence-corrected chi connectivity index (χ1v) is 9.21. The maximum absolute atomic E-state index is 11.6. The number of amides is 2. The third kappa shape index (κ3) is 10.2. The van der Waals surface area contributed by atoms with Crippen molar-refractivity contribution < 1.29 is 29.1 Å². The molecule has 0 radical (unpaired) electrons. The molecule has 2 amide bonds. The van der Waals surface area contributed by atoms with Crippen LogP contribution in [0.15, 0.2) is 12.3 Å². The van der Waals surface area contributed by atoms with E-state index in [4.69, 9.17) is 14.7 Å². The summed E-state index contributed by atoms with van der Waals surface area (Å²) in [5.41, 5.74) is -0.471. The molecule has 0 spiro atoms. The number of ether oxygens (including phenoxy) is 1. The average molecular weight is 371 g/mol. The summed E-state index contributed by atoms with van der Waals surface area (Å²) in [6.45, 7) is 11.9. The van der Waals surface area contributed by atoms with Gasteiger partial charge in [0.15, 0.2) is 0 Å². The number of nitrogens with zero attached hydrogens (tertiary/aromatic N) is 1. The van der Waals surface area contributed by atoms with Gasteiger partial charge in [-0.25, -0.2) is 4.79 Å². The third-order valence-corrected chi connectivity index (χ3v) is 3.42. The number of hydroxylamine groups is 2. The van der Waals surface area contributed by atoms with Crippen molar-refractivity contribution in [3.8, 4) is 0 Å². The van der Waals surface area contributed by atoms with E-state index in [2.05, 4.69) is 20.4 Å². The van der Waals surface area contributed by atoms with Crippen LogP contribution in [-0.4, -0.2) is 40.2 Å². The number of imide groups is 1. The number of unbranched alkanes of at least 4 members (excludes halogenated alkanes) is 1. The molecule has 0 bridgehead atoms. The summed E-state index contributed by atoms with van der Waals surface area (Å²) in [5, 5.41) is 9.49. The molecule has 1 aliphatic heterocycles. The van der Waals surface area contributed by atoms with Gasteiger partial charge in [-0.3, -0.25) is 9.59 Å². The molecule has 26 heavy (non-hydrogen) atoms. The van der Waals surface area contributed by atoms with E-state index < -0.39 is 23.4 Å². The lowest BCUT2D eigenvalue weighted by Crippen LogP contribution is -2.31. The van der Waals surface area contributed by atoms with E-state index in [1.54, 1.807) is 0 Å². The highest BCUT2D eigenvalue weighted by molar-refractivity contribution is 6.01. The second-order valence-electron chi connectivity index (χ2n) is 6.83. The van der Waals surface area contributed by atoms with Gasteiger partial charge in [0.1, 0.15) is 5.60 Å². The first kappa shape index (κ1) is 24.1. The van der Waals surface area contributed by atoms with Crippen LogP contribution in [0.25, 0.3) is 0 Å². The maximum atomic E-state index is 11.6. The molecule has 1 rings (SSSR count). The first-order chi connectivity index (χ1) is 12.2. The van der Waals surface area contributed by atoms with E-state index >= 15 is 0 Å². The minimum Gasteiger partial charge on any atom is -0.493 e. The number of aliphatic hydroxyl groups excluding tert-OH is 1. The number of hydrogen-bond donors (Lipinski definition) is 1. The Bertz CT molecular complexity index is 470. The Kier molecular flexibility index (Phi) is 11.6. The van der Waals surface area contributed by atoms with E-state index in [0.29, 0.717) is 36.5 Å². The van der Waals surface area contributed by atoms with Crippen LogP contribution in [0.3, 0.4) is 0 Å². The molecule has 1 heterocycles. The van der Waals surface area contributed by atoms with Crippen LogP contribution >= 0.6 is 0 Å². The Morgan fingerprint density at radius 3 is 2.15 bits per heavy atom. The summed E-state index contributed by atoms with van der Waals surface area (Å²) in [4.78, 5) is 39.0. The monoisotopic (exact) mass is 371 g/mol. The summed E-state index contributed by atoms with van der Waals surface area (Å²) in [6, 6.07) is 0. The lowest BCUT2D eigenvalue weighted by Gasteiger charge is -2.26. The highest BCUT2D eigenvalue weighted by Gasteiger charge is 2.32. The molecule has 7 nitrogen and oxygen atoms in total. The molecule has 0 aliphatic carbocycles. The Labute approximate surface area is 156 Å². The fourth-order valence-electron chi connectivity index (χ4n) is 2.16. The van der Waals surface area contributed by atoms with Crippen molar-refractivity contribution in [2.24, 2.45) is 0 Å². The van der Waals surface area contributed by atoms with Gasteiger partial charge in [0.05, 0.1) is 5.76 Å². The van der Waals surface area contributed by atoms with Crippen LogP contribution in [0.4, 0.5) is 0 Å². The molecule has 0 aromatic rings. The lowest BCUT2D eigenvalue weighted by molar-refractivity contribution is -0.197. The number of hydrogen-bond acceptors (Lipinski definition) is 6. The van der Waals surface area contributed by atoms with Crippen LogP contribution < -0.4 is 0 Å². The number of carbonyl (C=O) groups is 3. The smallest absolute Gasteiger partial charge is 0.333 e.